The lowest BCUT2D eigenvalue weighted by molar-refractivity contribution is -0.120. The van der Waals surface area contributed by atoms with Gasteiger partial charge in [0.05, 0.1) is 11.0 Å². The van der Waals surface area contributed by atoms with Crippen molar-refractivity contribution < 1.29 is 4.79 Å². The van der Waals surface area contributed by atoms with E-state index in [0.29, 0.717) is 0 Å². The average Bonchev–Trinajstić information content (AvgIpc) is 2.53. The SMILES string of the molecule is C/C(=N/NC(=O)[C@@H](C)Sc1ccccc1)c1ccc(C)cc1. The van der Waals surface area contributed by atoms with Crippen molar-refractivity contribution in [3.8, 4) is 0 Å². The summed E-state index contributed by atoms with van der Waals surface area (Å²) in [4.78, 5) is 13.2. The molecule has 1 N–H and O–H groups in total. The molecule has 1 amide bonds. The fourth-order valence-corrected chi connectivity index (χ4v) is 2.73. The van der Waals surface area contributed by atoms with Gasteiger partial charge in [-0.15, -0.1) is 11.8 Å². The number of carbonyl (C=O) groups is 1. The summed E-state index contributed by atoms with van der Waals surface area (Å²) in [5.74, 6) is -0.0969. The van der Waals surface area contributed by atoms with E-state index in [2.05, 4.69) is 10.5 Å². The second-order valence-corrected chi connectivity index (χ2v) is 6.53. The van der Waals surface area contributed by atoms with Gasteiger partial charge in [-0.3, -0.25) is 4.79 Å². The number of aryl methyl sites for hydroxylation is 1. The van der Waals surface area contributed by atoms with Crippen molar-refractivity contribution in [1.82, 2.24) is 5.43 Å². The van der Waals surface area contributed by atoms with Gasteiger partial charge in [-0.1, -0.05) is 48.0 Å². The molecule has 4 heteroatoms. The molecule has 0 bridgehead atoms. The van der Waals surface area contributed by atoms with Crippen LogP contribution in [0.4, 0.5) is 0 Å². The summed E-state index contributed by atoms with van der Waals surface area (Å²) in [5.41, 5.74) is 5.65. The van der Waals surface area contributed by atoms with Crippen LogP contribution in [0.15, 0.2) is 64.6 Å². The minimum Gasteiger partial charge on any atom is -0.272 e. The summed E-state index contributed by atoms with van der Waals surface area (Å²) in [6.45, 7) is 5.81. The molecular weight excluding hydrogens is 292 g/mol. The molecule has 0 aliphatic rings. The zero-order valence-electron chi connectivity index (χ0n) is 13.0. The average molecular weight is 312 g/mol. The van der Waals surface area contributed by atoms with E-state index in [1.165, 1.54) is 17.3 Å². The van der Waals surface area contributed by atoms with Crippen LogP contribution in [0.5, 0.6) is 0 Å². The third-order valence-corrected chi connectivity index (χ3v) is 4.34. The predicted molar refractivity (Wildman–Crippen MR) is 93.3 cm³/mol. The molecule has 0 radical (unpaired) electrons. The van der Waals surface area contributed by atoms with Gasteiger partial charge in [-0.2, -0.15) is 5.10 Å². The van der Waals surface area contributed by atoms with Gasteiger partial charge in [0.2, 0.25) is 0 Å². The Hall–Kier alpha value is -2.07. The highest BCUT2D eigenvalue weighted by Gasteiger charge is 2.13. The third-order valence-electron chi connectivity index (χ3n) is 3.23. The summed E-state index contributed by atoms with van der Waals surface area (Å²) in [6, 6.07) is 18.0. The van der Waals surface area contributed by atoms with E-state index in [0.717, 1.165) is 16.2 Å². The molecular formula is C18H20N2OS. The highest BCUT2D eigenvalue weighted by atomic mass is 32.2. The molecule has 0 spiro atoms. The molecule has 0 aliphatic heterocycles. The van der Waals surface area contributed by atoms with Gasteiger partial charge in [0.1, 0.15) is 0 Å². The number of carbonyl (C=O) groups excluding carboxylic acids is 1. The second-order valence-electron chi connectivity index (χ2n) is 5.11. The van der Waals surface area contributed by atoms with Crippen molar-refractivity contribution in [2.75, 3.05) is 0 Å². The minimum absolute atomic E-state index is 0.0969. The smallest absolute Gasteiger partial charge is 0.253 e. The zero-order valence-corrected chi connectivity index (χ0v) is 13.9. The van der Waals surface area contributed by atoms with Gasteiger partial charge in [-0.05, 0) is 38.5 Å². The normalized spacial score (nSPS) is 12.8. The van der Waals surface area contributed by atoms with Crippen molar-refractivity contribution in [2.24, 2.45) is 5.10 Å². The number of amides is 1. The molecule has 3 nitrogen and oxygen atoms in total. The fourth-order valence-electron chi connectivity index (χ4n) is 1.85. The Labute approximate surface area is 135 Å². The number of rotatable bonds is 5. The van der Waals surface area contributed by atoms with Crippen LogP contribution in [0.25, 0.3) is 0 Å². The molecule has 0 unspecified atom stereocenters. The minimum atomic E-state index is -0.197. The molecule has 1 atom stereocenters. The van der Waals surface area contributed by atoms with E-state index in [-0.39, 0.29) is 11.2 Å². The molecule has 2 rings (SSSR count). The van der Waals surface area contributed by atoms with E-state index in [4.69, 9.17) is 0 Å². The van der Waals surface area contributed by atoms with Crippen molar-refractivity contribution in [3.63, 3.8) is 0 Å². The highest BCUT2D eigenvalue weighted by molar-refractivity contribution is 8.00. The Morgan fingerprint density at radius 2 is 1.73 bits per heavy atom. The Morgan fingerprint density at radius 3 is 2.36 bits per heavy atom. The Morgan fingerprint density at radius 1 is 1.09 bits per heavy atom. The van der Waals surface area contributed by atoms with Gasteiger partial charge < -0.3 is 0 Å². The van der Waals surface area contributed by atoms with Crippen LogP contribution < -0.4 is 5.43 Å². The molecule has 0 aromatic heterocycles. The molecule has 0 saturated heterocycles. The fraction of sp³-hybridized carbons (Fsp3) is 0.222. The third kappa shape index (κ3) is 4.74. The first-order chi connectivity index (χ1) is 10.6. The molecule has 2 aromatic rings. The van der Waals surface area contributed by atoms with Gasteiger partial charge >= 0.3 is 0 Å². The van der Waals surface area contributed by atoms with E-state index in [1.54, 1.807) is 0 Å². The highest BCUT2D eigenvalue weighted by Crippen LogP contribution is 2.22. The van der Waals surface area contributed by atoms with Crippen molar-refractivity contribution in [2.45, 2.75) is 30.9 Å². The summed E-state index contributed by atoms with van der Waals surface area (Å²) in [7, 11) is 0. The maximum Gasteiger partial charge on any atom is 0.253 e. The maximum atomic E-state index is 12.1. The second kappa shape index (κ2) is 7.80. The van der Waals surface area contributed by atoms with Crippen molar-refractivity contribution >= 4 is 23.4 Å². The number of hydrazone groups is 1. The largest absolute Gasteiger partial charge is 0.272 e. The van der Waals surface area contributed by atoms with Gasteiger partial charge in [-0.25, -0.2) is 5.43 Å². The number of thioether (sulfide) groups is 1. The summed E-state index contributed by atoms with van der Waals surface area (Å²) in [5, 5.41) is 3.99. The van der Waals surface area contributed by atoms with Crippen LogP contribution in [0.2, 0.25) is 0 Å². The summed E-state index contributed by atoms with van der Waals surface area (Å²) >= 11 is 1.52. The van der Waals surface area contributed by atoms with Crippen LogP contribution in [0, 0.1) is 6.92 Å². The lowest BCUT2D eigenvalue weighted by Crippen LogP contribution is -2.27. The van der Waals surface area contributed by atoms with Crippen LogP contribution in [0.1, 0.15) is 25.0 Å². The summed E-state index contributed by atoms with van der Waals surface area (Å²) < 4.78 is 0. The van der Waals surface area contributed by atoms with Crippen molar-refractivity contribution in [3.05, 3.63) is 65.7 Å². The Kier molecular flexibility index (Phi) is 5.78. The number of benzene rings is 2. The molecule has 114 valence electrons. The van der Waals surface area contributed by atoms with E-state index < -0.39 is 0 Å². The van der Waals surface area contributed by atoms with Gasteiger partial charge in [0.25, 0.3) is 5.91 Å². The first-order valence-corrected chi connectivity index (χ1v) is 8.07. The molecule has 0 aliphatic carbocycles. The van der Waals surface area contributed by atoms with Crippen molar-refractivity contribution in [1.29, 1.82) is 0 Å². The standard InChI is InChI=1S/C18H20N2OS/c1-13-9-11-16(12-10-13)14(2)19-20-18(21)15(3)22-17-7-5-4-6-8-17/h4-12,15H,1-3H3,(H,20,21)/b19-14-/t15-/m1/s1. The predicted octanol–water partition coefficient (Wildman–Crippen LogP) is 4.02. The van der Waals surface area contributed by atoms with Crippen LogP contribution in [-0.4, -0.2) is 16.9 Å². The molecule has 0 fully saturated rings. The van der Waals surface area contributed by atoms with E-state index in [1.807, 2.05) is 75.4 Å². The lowest BCUT2D eigenvalue weighted by atomic mass is 10.1. The summed E-state index contributed by atoms with van der Waals surface area (Å²) in [6.07, 6.45) is 0. The monoisotopic (exact) mass is 312 g/mol. The number of nitrogens with zero attached hydrogens (tertiary/aromatic N) is 1. The number of nitrogens with one attached hydrogen (secondary N) is 1. The first kappa shape index (κ1) is 16.3. The topological polar surface area (TPSA) is 41.5 Å². The maximum absolute atomic E-state index is 12.1. The number of hydrogen-bond acceptors (Lipinski definition) is 3. The molecule has 22 heavy (non-hydrogen) atoms. The lowest BCUT2D eigenvalue weighted by Gasteiger charge is -2.10. The Bertz CT molecular complexity index is 651. The van der Waals surface area contributed by atoms with E-state index >= 15 is 0 Å². The van der Waals surface area contributed by atoms with Gasteiger partial charge in [0.15, 0.2) is 0 Å². The molecule has 0 saturated carbocycles. The van der Waals surface area contributed by atoms with Crippen LogP contribution >= 0.6 is 11.8 Å². The van der Waals surface area contributed by atoms with E-state index in [9.17, 15) is 4.79 Å². The van der Waals surface area contributed by atoms with Crippen LogP contribution in [0.3, 0.4) is 0 Å². The Balaban J connectivity index is 1.93. The quantitative estimate of drug-likeness (QED) is 0.515. The number of hydrogen-bond donors (Lipinski definition) is 1. The first-order valence-electron chi connectivity index (χ1n) is 7.19. The molecule has 0 heterocycles. The van der Waals surface area contributed by atoms with Gasteiger partial charge in [0, 0.05) is 4.90 Å². The zero-order chi connectivity index (χ0) is 15.9. The molecule has 2 aromatic carbocycles. The van der Waals surface area contributed by atoms with Crippen LogP contribution in [-0.2, 0) is 4.79 Å².